The van der Waals surface area contributed by atoms with Gasteiger partial charge in [-0.1, -0.05) is 0 Å². The molecule has 8 nitrogen and oxygen atoms in total. The van der Waals surface area contributed by atoms with Gasteiger partial charge >= 0.3 is 0 Å². The molecule has 0 unspecified atom stereocenters. The molecule has 0 aliphatic heterocycles. The van der Waals surface area contributed by atoms with Crippen molar-refractivity contribution < 1.29 is 22.7 Å². The Morgan fingerprint density at radius 1 is 0.958 bits per heavy atom. The van der Waals surface area contributed by atoms with Crippen molar-refractivity contribution in [2.24, 2.45) is 11.5 Å². The molecule has 24 heavy (non-hydrogen) atoms. The van der Waals surface area contributed by atoms with Crippen LogP contribution >= 0.6 is 0 Å². The number of nitrogens with one attached hydrogen (secondary N) is 1. The maximum atomic E-state index is 12.3. The third-order valence-electron chi connectivity index (χ3n) is 2.94. The zero-order valence-electron chi connectivity index (χ0n) is 12.4. The zero-order chi connectivity index (χ0) is 17.7. The van der Waals surface area contributed by atoms with E-state index in [1.54, 1.807) is 0 Å². The minimum atomic E-state index is -3.81. The van der Waals surface area contributed by atoms with Gasteiger partial charge in [-0.2, -0.15) is 0 Å². The quantitative estimate of drug-likeness (QED) is 0.665. The van der Waals surface area contributed by atoms with Crippen LogP contribution in [-0.2, 0) is 14.8 Å². The summed E-state index contributed by atoms with van der Waals surface area (Å²) in [6, 6.07) is 11.2. The van der Waals surface area contributed by atoms with Crippen molar-refractivity contribution in [3.8, 4) is 5.75 Å². The van der Waals surface area contributed by atoms with Crippen LogP contribution in [0.4, 0.5) is 5.69 Å². The summed E-state index contributed by atoms with van der Waals surface area (Å²) in [4.78, 5) is 21.6. The van der Waals surface area contributed by atoms with Crippen LogP contribution in [0.3, 0.4) is 0 Å². The van der Waals surface area contributed by atoms with Crippen LogP contribution in [-0.4, -0.2) is 26.8 Å². The Bertz CT molecular complexity index is 846. The monoisotopic (exact) mass is 349 g/mol. The van der Waals surface area contributed by atoms with E-state index in [4.69, 9.17) is 16.2 Å². The number of carbonyl (C=O) groups is 2. The summed E-state index contributed by atoms with van der Waals surface area (Å²) in [6.07, 6.45) is 0. The maximum Gasteiger partial charge on any atom is 0.261 e. The number of sulfonamides is 1. The van der Waals surface area contributed by atoms with Crippen molar-refractivity contribution in [2.45, 2.75) is 4.90 Å². The lowest BCUT2D eigenvalue weighted by molar-refractivity contribution is -0.119. The molecule has 0 saturated carbocycles. The number of hydrogen-bond donors (Lipinski definition) is 3. The van der Waals surface area contributed by atoms with E-state index >= 15 is 0 Å². The molecule has 0 radical (unpaired) electrons. The second-order valence-corrected chi connectivity index (χ2v) is 6.46. The van der Waals surface area contributed by atoms with Crippen molar-refractivity contribution >= 4 is 27.5 Å². The molecule has 0 fully saturated rings. The fourth-order valence-electron chi connectivity index (χ4n) is 1.79. The number of nitrogens with two attached hydrogens (primary N) is 2. The van der Waals surface area contributed by atoms with Crippen LogP contribution < -0.4 is 20.9 Å². The first-order chi connectivity index (χ1) is 11.3. The highest BCUT2D eigenvalue weighted by atomic mass is 32.2. The fraction of sp³-hybridized carbons (Fsp3) is 0.0667. The van der Waals surface area contributed by atoms with Crippen molar-refractivity contribution in [3.63, 3.8) is 0 Å². The highest BCUT2D eigenvalue weighted by Gasteiger charge is 2.14. The number of benzene rings is 2. The van der Waals surface area contributed by atoms with Gasteiger partial charge in [-0.15, -0.1) is 0 Å². The van der Waals surface area contributed by atoms with Gasteiger partial charge in [0.05, 0.1) is 4.90 Å². The second kappa shape index (κ2) is 7.01. The molecule has 0 aromatic heterocycles. The van der Waals surface area contributed by atoms with Crippen LogP contribution in [0.2, 0.25) is 0 Å². The molecule has 2 rings (SSSR count). The smallest absolute Gasteiger partial charge is 0.261 e. The first-order valence-corrected chi connectivity index (χ1v) is 8.20. The molecule has 9 heteroatoms. The molecule has 0 aliphatic rings. The summed E-state index contributed by atoms with van der Waals surface area (Å²) < 4.78 is 32.0. The van der Waals surface area contributed by atoms with Crippen LogP contribution in [0.1, 0.15) is 10.4 Å². The molecule has 0 bridgehead atoms. The van der Waals surface area contributed by atoms with Crippen molar-refractivity contribution in [1.29, 1.82) is 0 Å². The van der Waals surface area contributed by atoms with Crippen LogP contribution in [0.5, 0.6) is 5.75 Å². The summed E-state index contributed by atoms with van der Waals surface area (Å²) in [6.45, 7) is -0.295. The molecule has 0 spiro atoms. The van der Waals surface area contributed by atoms with Gasteiger partial charge in [-0.05, 0) is 48.5 Å². The van der Waals surface area contributed by atoms with Gasteiger partial charge in [0, 0.05) is 11.3 Å². The molecule has 5 N–H and O–H groups in total. The summed E-state index contributed by atoms with van der Waals surface area (Å²) in [5.74, 6) is -0.915. The Morgan fingerprint density at radius 3 is 2.04 bits per heavy atom. The Kier molecular flexibility index (Phi) is 5.05. The number of anilines is 1. The molecule has 0 aliphatic carbocycles. The van der Waals surface area contributed by atoms with E-state index < -0.39 is 21.8 Å². The second-order valence-electron chi connectivity index (χ2n) is 4.77. The summed E-state index contributed by atoms with van der Waals surface area (Å²) in [7, 11) is -3.81. The van der Waals surface area contributed by atoms with Crippen molar-refractivity contribution in [2.75, 3.05) is 11.3 Å². The van der Waals surface area contributed by atoms with Crippen LogP contribution in [0, 0.1) is 0 Å². The molecule has 0 atom stereocenters. The number of amides is 2. The molecule has 2 amide bonds. The lowest BCUT2D eigenvalue weighted by Gasteiger charge is -2.09. The van der Waals surface area contributed by atoms with E-state index in [-0.39, 0.29) is 22.8 Å². The van der Waals surface area contributed by atoms with E-state index in [1.807, 2.05) is 0 Å². The molecular weight excluding hydrogens is 334 g/mol. The summed E-state index contributed by atoms with van der Waals surface area (Å²) in [5, 5.41) is 0. The summed E-state index contributed by atoms with van der Waals surface area (Å²) >= 11 is 0. The lowest BCUT2D eigenvalue weighted by Crippen LogP contribution is -2.20. The number of hydrogen-bond acceptors (Lipinski definition) is 5. The van der Waals surface area contributed by atoms with Gasteiger partial charge in [0.1, 0.15) is 5.75 Å². The van der Waals surface area contributed by atoms with Gasteiger partial charge in [-0.3, -0.25) is 14.3 Å². The van der Waals surface area contributed by atoms with Crippen molar-refractivity contribution in [1.82, 2.24) is 0 Å². The molecule has 0 heterocycles. The normalized spacial score (nSPS) is 10.8. The highest BCUT2D eigenvalue weighted by Crippen LogP contribution is 2.19. The zero-order valence-corrected chi connectivity index (χ0v) is 13.2. The predicted molar refractivity (Wildman–Crippen MR) is 86.9 cm³/mol. The molecule has 2 aromatic rings. The van der Waals surface area contributed by atoms with E-state index in [2.05, 4.69) is 4.72 Å². The first-order valence-electron chi connectivity index (χ1n) is 6.72. The van der Waals surface area contributed by atoms with Gasteiger partial charge in [-0.25, -0.2) is 8.42 Å². The van der Waals surface area contributed by atoms with E-state index in [1.165, 1.54) is 48.5 Å². The topological polar surface area (TPSA) is 142 Å². The number of rotatable bonds is 7. The number of primary amides is 2. The van der Waals surface area contributed by atoms with Gasteiger partial charge < -0.3 is 16.2 Å². The molecular formula is C15H15N3O5S. The SMILES string of the molecule is NC(=O)COc1ccc(S(=O)(=O)Nc2ccc(C(N)=O)cc2)cc1. The number of carbonyl (C=O) groups excluding carboxylic acids is 2. The third-order valence-corrected chi connectivity index (χ3v) is 4.33. The van der Waals surface area contributed by atoms with Crippen molar-refractivity contribution in [3.05, 3.63) is 54.1 Å². The third kappa shape index (κ3) is 4.46. The Hall–Kier alpha value is -3.07. The maximum absolute atomic E-state index is 12.3. The largest absolute Gasteiger partial charge is 0.484 e. The van der Waals surface area contributed by atoms with Crippen LogP contribution in [0.25, 0.3) is 0 Å². The molecule has 126 valence electrons. The average molecular weight is 349 g/mol. The van der Waals surface area contributed by atoms with Gasteiger partial charge in [0.2, 0.25) is 5.91 Å². The minimum Gasteiger partial charge on any atom is -0.484 e. The fourth-order valence-corrected chi connectivity index (χ4v) is 2.84. The van der Waals surface area contributed by atoms with E-state index in [9.17, 15) is 18.0 Å². The Balaban J connectivity index is 2.12. The minimum absolute atomic E-state index is 0.00732. The molecule has 2 aromatic carbocycles. The van der Waals surface area contributed by atoms with Gasteiger partial charge in [0.25, 0.3) is 15.9 Å². The highest BCUT2D eigenvalue weighted by molar-refractivity contribution is 7.92. The predicted octanol–water partition coefficient (Wildman–Crippen LogP) is 0.450. The van der Waals surface area contributed by atoms with E-state index in [0.717, 1.165) is 0 Å². The van der Waals surface area contributed by atoms with Gasteiger partial charge in [0.15, 0.2) is 6.61 Å². The van der Waals surface area contributed by atoms with E-state index in [0.29, 0.717) is 5.75 Å². The standard InChI is InChI=1S/C15H15N3O5S/c16-14(19)9-23-12-5-7-13(8-6-12)24(21,22)18-11-3-1-10(2-4-11)15(17)20/h1-8,18H,9H2,(H2,16,19)(H2,17,20). The average Bonchev–Trinajstić information content (AvgIpc) is 2.53. The summed E-state index contributed by atoms with van der Waals surface area (Å²) in [5.41, 5.74) is 10.6. The molecule has 0 saturated heterocycles. The van der Waals surface area contributed by atoms with Crippen LogP contribution in [0.15, 0.2) is 53.4 Å². The Labute approximate surface area is 138 Å². The lowest BCUT2D eigenvalue weighted by atomic mass is 10.2. The number of ether oxygens (including phenoxy) is 1. The Morgan fingerprint density at radius 2 is 1.54 bits per heavy atom. The first kappa shape index (κ1) is 17.3.